The van der Waals surface area contributed by atoms with Crippen molar-refractivity contribution in [1.82, 2.24) is 20.2 Å². The molecule has 3 aromatic rings. The molecule has 1 saturated heterocycles. The number of hydrogen-bond donors (Lipinski definition) is 1. The second-order valence-corrected chi connectivity index (χ2v) is 18.0. The van der Waals surface area contributed by atoms with Crippen LogP contribution < -0.4 is 14.8 Å². The summed E-state index contributed by atoms with van der Waals surface area (Å²) in [5, 5.41) is 6.34. The first kappa shape index (κ1) is 45.3. The molecule has 1 aliphatic carbocycles. The summed E-state index contributed by atoms with van der Waals surface area (Å²) >= 11 is 1.50. The third-order valence-corrected chi connectivity index (χ3v) is 12.3. The van der Waals surface area contributed by atoms with Gasteiger partial charge in [0.1, 0.15) is 39.9 Å². The molecule has 320 valence electrons. The lowest BCUT2D eigenvalue weighted by molar-refractivity contribution is -0.152. The molecule has 6 atom stereocenters. The third kappa shape index (κ3) is 10.3. The first-order chi connectivity index (χ1) is 28.0. The zero-order valence-corrected chi connectivity index (χ0v) is 37.0. The van der Waals surface area contributed by atoms with Crippen molar-refractivity contribution in [2.24, 2.45) is 17.3 Å². The second kappa shape index (κ2) is 19.1. The van der Waals surface area contributed by atoms with Crippen molar-refractivity contribution in [3.63, 3.8) is 0 Å². The minimum absolute atomic E-state index is 0.0553. The van der Waals surface area contributed by atoms with Crippen molar-refractivity contribution in [1.29, 1.82) is 0 Å². The molecular formula is C46H62N4O8S. The fourth-order valence-electron chi connectivity index (χ4n) is 8.00. The van der Waals surface area contributed by atoms with E-state index in [1.54, 1.807) is 45.8 Å². The van der Waals surface area contributed by atoms with Crippen LogP contribution in [-0.2, 0) is 23.9 Å². The van der Waals surface area contributed by atoms with Crippen molar-refractivity contribution in [3.05, 3.63) is 60.1 Å². The summed E-state index contributed by atoms with van der Waals surface area (Å²) in [6, 6.07) is 3.71. The number of Topliss-reactive ketones (excluding diaryl/α,β-unsaturated/α-hetero) is 1. The van der Waals surface area contributed by atoms with E-state index in [1.165, 1.54) is 11.3 Å². The van der Waals surface area contributed by atoms with E-state index in [0.717, 1.165) is 40.9 Å². The zero-order chi connectivity index (χ0) is 43.2. The Labute approximate surface area is 353 Å². The number of rotatable bonds is 19. The van der Waals surface area contributed by atoms with E-state index in [1.807, 2.05) is 43.5 Å². The zero-order valence-electron chi connectivity index (χ0n) is 36.2. The number of nitrogens with zero attached hydrogens (tertiary/aromatic N) is 3. The van der Waals surface area contributed by atoms with E-state index in [2.05, 4.69) is 32.3 Å². The smallest absolute Gasteiger partial charge is 0.408 e. The van der Waals surface area contributed by atoms with E-state index < -0.39 is 53.1 Å². The van der Waals surface area contributed by atoms with E-state index >= 15 is 0 Å². The number of aryl methyl sites for hydroxylation is 1. The maximum atomic E-state index is 14.9. The lowest BCUT2D eigenvalue weighted by Crippen LogP contribution is -2.53. The highest BCUT2D eigenvalue weighted by Gasteiger charge is 2.62. The Balaban J connectivity index is 1.56. The van der Waals surface area contributed by atoms with Gasteiger partial charge in [0.25, 0.3) is 0 Å². The van der Waals surface area contributed by atoms with Gasteiger partial charge in [-0.15, -0.1) is 24.5 Å². The van der Waals surface area contributed by atoms with Gasteiger partial charge in [-0.3, -0.25) is 14.4 Å². The number of hydrogen-bond acceptors (Lipinski definition) is 11. The highest BCUT2D eigenvalue weighted by molar-refractivity contribution is 7.13. The Morgan fingerprint density at radius 2 is 1.85 bits per heavy atom. The maximum absolute atomic E-state index is 14.9. The standard InChI is InChI=1S/C46H62N4O8S/c1-12-15-16-17-18-19-32(49-44(54)58-45(8,9)10)42(52)50-25-38(29(7)40(50)35(51)24-46(23-30(46)13-2)43(53)56-14-3)57-37-22-33(41-48-34(26-59-41)27(4)5)47-39-28(6)36(55-11)21-20-31(37)39/h12-13,20-22,26-27,29-30,32,38,40H,1-2,14-19,23-25H2,3-11H3,(H,49,54)/t29-,30-,32+,38+,40+,46-/m1/s1. The van der Waals surface area contributed by atoms with Crippen molar-refractivity contribution in [2.45, 2.75) is 130 Å². The third-order valence-electron chi connectivity index (χ3n) is 11.4. The van der Waals surface area contributed by atoms with E-state index in [9.17, 15) is 19.2 Å². The quantitative estimate of drug-likeness (QED) is 0.0705. The number of ketones is 1. The number of unbranched alkanes of at least 4 members (excludes halogenated alkanes) is 3. The average Bonchev–Trinajstić information content (AvgIpc) is 3.48. The van der Waals surface area contributed by atoms with Crippen LogP contribution in [-0.4, -0.2) is 82.7 Å². The summed E-state index contributed by atoms with van der Waals surface area (Å²) in [5.41, 5.74) is 1.27. The number of carbonyl (C=O) groups excluding carboxylic acids is 4. The molecule has 1 saturated carbocycles. The van der Waals surface area contributed by atoms with Crippen molar-refractivity contribution < 1.29 is 38.1 Å². The molecule has 1 aliphatic heterocycles. The highest BCUT2D eigenvalue weighted by Crippen LogP contribution is 2.57. The topological polar surface area (TPSA) is 146 Å². The van der Waals surface area contributed by atoms with Crippen molar-refractivity contribution in [3.8, 4) is 22.2 Å². The molecule has 0 bridgehead atoms. The molecule has 1 aromatic carbocycles. The van der Waals surface area contributed by atoms with Crippen LogP contribution in [0.2, 0.25) is 0 Å². The molecule has 2 aromatic heterocycles. The van der Waals surface area contributed by atoms with Crippen molar-refractivity contribution in [2.75, 3.05) is 20.3 Å². The molecule has 0 radical (unpaired) electrons. The van der Waals surface area contributed by atoms with Gasteiger partial charge in [-0.1, -0.05) is 45.8 Å². The fraction of sp³-hybridized carbons (Fsp3) is 0.565. The average molecular weight is 831 g/mol. The molecule has 1 N–H and O–H groups in total. The molecule has 5 rings (SSSR count). The van der Waals surface area contributed by atoms with Crippen LogP contribution in [0.1, 0.15) is 111 Å². The number of esters is 1. The molecule has 2 amide bonds. The fourth-order valence-corrected chi connectivity index (χ4v) is 8.94. The second-order valence-electron chi connectivity index (χ2n) is 17.2. The van der Waals surface area contributed by atoms with E-state index in [4.69, 9.17) is 28.9 Å². The molecule has 59 heavy (non-hydrogen) atoms. The molecule has 12 nitrogen and oxygen atoms in total. The summed E-state index contributed by atoms with van der Waals surface area (Å²) in [7, 11) is 1.62. The van der Waals surface area contributed by atoms with Gasteiger partial charge in [0.05, 0.1) is 42.9 Å². The van der Waals surface area contributed by atoms with Gasteiger partial charge in [-0.05, 0) is 84.3 Å². The van der Waals surface area contributed by atoms with Gasteiger partial charge < -0.3 is 29.2 Å². The Morgan fingerprint density at radius 1 is 1.10 bits per heavy atom. The number of ether oxygens (including phenoxy) is 4. The summed E-state index contributed by atoms with van der Waals surface area (Å²) in [4.78, 5) is 67.7. The number of methoxy groups -OCH3 is 1. The number of nitrogens with one attached hydrogen (secondary N) is 1. The monoisotopic (exact) mass is 830 g/mol. The van der Waals surface area contributed by atoms with Crippen molar-refractivity contribution >= 4 is 46.0 Å². The number of benzene rings is 1. The number of alkyl carbamates (subject to hydrolysis) is 1. The number of aromatic nitrogens is 2. The van der Waals surface area contributed by atoms with E-state index in [-0.39, 0.29) is 37.2 Å². The Morgan fingerprint density at radius 3 is 2.46 bits per heavy atom. The summed E-state index contributed by atoms with van der Waals surface area (Å²) < 4.78 is 23.7. The Kier molecular flexibility index (Phi) is 14.6. The highest BCUT2D eigenvalue weighted by atomic mass is 32.1. The van der Waals surface area contributed by atoms with Crippen LogP contribution in [0, 0.1) is 24.2 Å². The molecular weight excluding hydrogens is 769 g/mol. The number of amides is 2. The normalized spacial score (nSPS) is 21.8. The van der Waals surface area contributed by atoms with Gasteiger partial charge in [0, 0.05) is 34.7 Å². The molecule has 13 heteroatoms. The molecule has 2 fully saturated rings. The first-order valence-corrected chi connectivity index (χ1v) is 21.7. The van der Waals surface area contributed by atoms with Gasteiger partial charge in [-0.2, -0.15) is 0 Å². The van der Waals surface area contributed by atoms with Crippen LogP contribution in [0.25, 0.3) is 21.6 Å². The number of likely N-dealkylation sites (tertiary alicyclic amines) is 1. The molecule has 0 unspecified atom stereocenters. The predicted molar refractivity (Wildman–Crippen MR) is 231 cm³/mol. The summed E-state index contributed by atoms with van der Waals surface area (Å²) in [5.74, 6) is -0.438. The largest absolute Gasteiger partial charge is 0.496 e. The Hall–Kier alpha value is -4.78. The number of fused-ring (bicyclic) bond motifs is 1. The van der Waals surface area contributed by atoms with E-state index in [0.29, 0.717) is 42.0 Å². The predicted octanol–water partition coefficient (Wildman–Crippen LogP) is 9.14. The first-order valence-electron chi connectivity index (χ1n) is 20.8. The number of carbonyl (C=O) groups is 4. The van der Waals surface area contributed by atoms with Gasteiger partial charge in [0.2, 0.25) is 5.91 Å². The van der Waals surface area contributed by atoms with Crippen LogP contribution in [0.15, 0.2) is 48.9 Å². The van der Waals surface area contributed by atoms with Gasteiger partial charge in [-0.25, -0.2) is 14.8 Å². The number of allylic oxidation sites excluding steroid dienone is 2. The molecule has 2 aliphatic rings. The minimum atomic E-state index is -1.04. The summed E-state index contributed by atoms with van der Waals surface area (Å²) in [6.07, 6.45) is 6.03. The van der Waals surface area contributed by atoms with Crippen LogP contribution >= 0.6 is 11.3 Å². The number of thiazole rings is 1. The van der Waals surface area contributed by atoms with Crippen LogP contribution in [0.5, 0.6) is 11.5 Å². The lowest BCUT2D eigenvalue weighted by atomic mass is 9.88. The lowest BCUT2D eigenvalue weighted by Gasteiger charge is -2.31. The van der Waals surface area contributed by atoms with Gasteiger partial charge >= 0.3 is 12.1 Å². The minimum Gasteiger partial charge on any atom is -0.496 e. The molecule has 3 heterocycles. The SMILES string of the molecule is C=CCCCCC[C@H](NC(=O)OC(C)(C)C)C(=O)N1C[C@H](Oc2cc(-c3nc(C(C)C)cs3)nc3c(C)c(OC)ccc23)[C@@H](C)[C@H]1C(=O)C[C@]1(C(=O)OCC)C[C@H]1C=C. The van der Waals surface area contributed by atoms with Crippen LogP contribution in [0.3, 0.4) is 0 Å². The Bertz CT molecular complexity index is 2040. The number of pyridine rings is 1. The maximum Gasteiger partial charge on any atom is 0.408 e. The summed E-state index contributed by atoms with van der Waals surface area (Å²) in [6.45, 7) is 23.0. The van der Waals surface area contributed by atoms with Crippen LogP contribution in [0.4, 0.5) is 4.79 Å². The van der Waals surface area contributed by atoms with Gasteiger partial charge in [0.15, 0.2) is 5.78 Å². The molecule has 0 spiro atoms.